The molecule has 7 heteroatoms. The molecule has 1 aliphatic rings. The molecule has 0 saturated heterocycles. The molecule has 0 aromatic heterocycles. The fraction of sp³-hybridized carbons (Fsp3) is 0.222. The van der Waals surface area contributed by atoms with Gasteiger partial charge in [0.25, 0.3) is 0 Å². The molecule has 0 aliphatic carbocycles. The highest BCUT2D eigenvalue weighted by Gasteiger charge is 2.34. The lowest BCUT2D eigenvalue weighted by atomic mass is 9.91. The Hall–Kier alpha value is -3.22. The van der Waals surface area contributed by atoms with Crippen molar-refractivity contribution < 1.29 is 29.3 Å². The van der Waals surface area contributed by atoms with Gasteiger partial charge in [0.15, 0.2) is 11.5 Å². The first-order chi connectivity index (χ1) is 12.0. The van der Waals surface area contributed by atoms with E-state index in [1.165, 1.54) is 0 Å². The van der Waals surface area contributed by atoms with Gasteiger partial charge in [-0.1, -0.05) is 24.3 Å². The fourth-order valence-corrected chi connectivity index (χ4v) is 2.72. The van der Waals surface area contributed by atoms with E-state index in [2.05, 4.69) is 5.32 Å². The number of carboxylic acid groups (broad SMARTS) is 2. The number of carbonyl (C=O) groups is 2. The first-order valence-electron chi connectivity index (χ1n) is 7.70. The summed E-state index contributed by atoms with van der Waals surface area (Å²) in [6.45, 7) is 0.120. The monoisotopic (exact) mass is 343 g/mol. The van der Waals surface area contributed by atoms with Crippen molar-refractivity contribution in [2.45, 2.75) is 12.5 Å². The fourth-order valence-electron chi connectivity index (χ4n) is 2.72. The molecule has 1 heterocycles. The summed E-state index contributed by atoms with van der Waals surface area (Å²) in [6, 6.07) is 12.5. The van der Waals surface area contributed by atoms with Gasteiger partial charge in [0.05, 0.1) is 5.92 Å². The van der Waals surface area contributed by atoms with Crippen molar-refractivity contribution in [3.63, 3.8) is 0 Å². The van der Waals surface area contributed by atoms with E-state index in [-0.39, 0.29) is 13.2 Å². The van der Waals surface area contributed by atoms with Gasteiger partial charge in [-0.05, 0) is 36.2 Å². The summed E-state index contributed by atoms with van der Waals surface area (Å²) >= 11 is 0. The Kier molecular flexibility index (Phi) is 4.74. The first-order valence-corrected chi connectivity index (χ1v) is 7.70. The van der Waals surface area contributed by atoms with Crippen molar-refractivity contribution in [2.24, 2.45) is 5.92 Å². The quantitative estimate of drug-likeness (QED) is 0.708. The van der Waals surface area contributed by atoms with Gasteiger partial charge < -0.3 is 25.0 Å². The Labute approximate surface area is 143 Å². The lowest BCUT2D eigenvalue weighted by Gasteiger charge is -2.22. The molecule has 0 saturated carbocycles. The van der Waals surface area contributed by atoms with E-state index in [0.29, 0.717) is 22.7 Å². The van der Waals surface area contributed by atoms with Crippen molar-refractivity contribution in [1.82, 2.24) is 0 Å². The second-order valence-corrected chi connectivity index (χ2v) is 5.66. The molecule has 7 nitrogen and oxygen atoms in total. The minimum Gasteiger partial charge on any atom is -0.481 e. The second kappa shape index (κ2) is 7.12. The number of hydrogen-bond donors (Lipinski definition) is 3. The van der Waals surface area contributed by atoms with E-state index in [9.17, 15) is 19.8 Å². The molecule has 25 heavy (non-hydrogen) atoms. The zero-order valence-electron chi connectivity index (χ0n) is 13.2. The Morgan fingerprint density at radius 1 is 1.00 bits per heavy atom. The van der Waals surface area contributed by atoms with Crippen molar-refractivity contribution in [1.29, 1.82) is 0 Å². The van der Waals surface area contributed by atoms with Crippen LogP contribution in [-0.4, -0.2) is 35.0 Å². The van der Waals surface area contributed by atoms with Crippen LogP contribution in [0.3, 0.4) is 0 Å². The van der Waals surface area contributed by atoms with Crippen molar-refractivity contribution >= 4 is 17.6 Å². The van der Waals surface area contributed by atoms with Crippen LogP contribution >= 0.6 is 0 Å². The van der Waals surface area contributed by atoms with Crippen molar-refractivity contribution in [3.8, 4) is 11.5 Å². The number of hydrogen-bond acceptors (Lipinski definition) is 5. The molecule has 130 valence electrons. The third-order valence-electron chi connectivity index (χ3n) is 3.97. The van der Waals surface area contributed by atoms with Crippen LogP contribution < -0.4 is 14.8 Å². The topological polar surface area (TPSA) is 105 Å². The maximum Gasteiger partial charge on any atom is 0.327 e. The minimum atomic E-state index is -1.27. The lowest BCUT2D eigenvalue weighted by molar-refractivity contribution is -0.149. The number of ether oxygens (including phenoxy) is 2. The van der Waals surface area contributed by atoms with Crippen molar-refractivity contribution in [3.05, 3.63) is 54.1 Å². The van der Waals surface area contributed by atoms with Gasteiger partial charge in [0.2, 0.25) is 6.79 Å². The van der Waals surface area contributed by atoms with Gasteiger partial charge >= 0.3 is 11.9 Å². The average molecular weight is 343 g/mol. The number of carboxylic acids is 2. The summed E-state index contributed by atoms with van der Waals surface area (Å²) in [5.74, 6) is -2.44. The normalized spacial score (nSPS) is 14.6. The van der Waals surface area contributed by atoms with Crippen LogP contribution in [0.5, 0.6) is 11.5 Å². The number of anilines is 1. The number of aliphatic carboxylic acids is 2. The zero-order chi connectivity index (χ0) is 17.8. The van der Waals surface area contributed by atoms with Gasteiger partial charge in [0.1, 0.15) is 6.04 Å². The second-order valence-electron chi connectivity index (χ2n) is 5.66. The molecule has 0 amide bonds. The summed E-state index contributed by atoms with van der Waals surface area (Å²) in [6.07, 6.45) is 0.0444. The summed E-state index contributed by atoms with van der Waals surface area (Å²) in [7, 11) is 0. The lowest BCUT2D eigenvalue weighted by Crippen LogP contribution is -2.42. The van der Waals surface area contributed by atoms with Gasteiger partial charge in [0, 0.05) is 5.69 Å². The average Bonchev–Trinajstić information content (AvgIpc) is 3.06. The van der Waals surface area contributed by atoms with Crippen LogP contribution in [0.15, 0.2) is 48.5 Å². The molecule has 2 aromatic rings. The van der Waals surface area contributed by atoms with E-state index in [1.807, 2.05) is 0 Å². The van der Waals surface area contributed by atoms with E-state index in [4.69, 9.17) is 9.47 Å². The summed E-state index contributed by atoms with van der Waals surface area (Å²) in [4.78, 5) is 23.4. The molecular weight excluding hydrogens is 326 g/mol. The van der Waals surface area contributed by atoms with Crippen LogP contribution in [0, 0.1) is 5.92 Å². The largest absolute Gasteiger partial charge is 0.481 e. The predicted octanol–water partition coefficient (Wildman–Crippen LogP) is 2.22. The van der Waals surface area contributed by atoms with Gasteiger partial charge in [-0.3, -0.25) is 4.79 Å². The summed E-state index contributed by atoms with van der Waals surface area (Å²) in [5.41, 5.74) is 1.21. The number of nitrogens with one attached hydrogen (secondary N) is 1. The van der Waals surface area contributed by atoms with Crippen LogP contribution in [0.25, 0.3) is 0 Å². The molecule has 0 spiro atoms. The third-order valence-corrected chi connectivity index (χ3v) is 3.97. The van der Waals surface area contributed by atoms with E-state index < -0.39 is 23.9 Å². The smallest absolute Gasteiger partial charge is 0.327 e. The molecule has 2 atom stereocenters. The maximum absolute atomic E-state index is 11.7. The standard InChI is InChI=1S/C18H17NO6/c20-17(21)13(8-11-6-7-14-15(9-11)25-10-24-14)16(18(22)23)19-12-4-2-1-3-5-12/h1-7,9,13,16,19H,8,10H2,(H,20,21)(H,22,23). The molecule has 0 fully saturated rings. The highest BCUT2D eigenvalue weighted by molar-refractivity contribution is 5.85. The van der Waals surface area contributed by atoms with Crippen LogP contribution in [0.1, 0.15) is 5.56 Å². The third kappa shape index (κ3) is 3.82. The number of para-hydroxylation sites is 1. The number of benzene rings is 2. The van der Waals surface area contributed by atoms with E-state index in [0.717, 1.165) is 0 Å². The number of rotatable bonds is 7. The molecule has 0 bridgehead atoms. The minimum absolute atomic E-state index is 0.0444. The molecular formula is C18H17NO6. The Morgan fingerprint density at radius 3 is 2.40 bits per heavy atom. The van der Waals surface area contributed by atoms with Crippen LogP contribution in [0.4, 0.5) is 5.69 Å². The molecule has 2 unspecified atom stereocenters. The highest BCUT2D eigenvalue weighted by Crippen LogP contribution is 2.33. The predicted molar refractivity (Wildman–Crippen MR) is 88.9 cm³/mol. The van der Waals surface area contributed by atoms with Gasteiger partial charge in [-0.2, -0.15) is 0 Å². The Balaban J connectivity index is 1.82. The van der Waals surface area contributed by atoms with Gasteiger partial charge in [-0.15, -0.1) is 0 Å². The molecule has 0 radical (unpaired) electrons. The summed E-state index contributed by atoms with van der Waals surface area (Å²) in [5, 5.41) is 21.9. The zero-order valence-corrected chi connectivity index (χ0v) is 13.2. The van der Waals surface area contributed by atoms with Crippen LogP contribution in [0.2, 0.25) is 0 Å². The Morgan fingerprint density at radius 2 is 1.72 bits per heavy atom. The number of fused-ring (bicyclic) bond motifs is 1. The molecule has 3 rings (SSSR count). The van der Waals surface area contributed by atoms with Crippen LogP contribution in [-0.2, 0) is 16.0 Å². The maximum atomic E-state index is 11.7. The van der Waals surface area contributed by atoms with Gasteiger partial charge in [-0.25, -0.2) is 4.79 Å². The van der Waals surface area contributed by atoms with E-state index in [1.54, 1.807) is 48.5 Å². The summed E-state index contributed by atoms with van der Waals surface area (Å²) < 4.78 is 10.5. The highest BCUT2D eigenvalue weighted by atomic mass is 16.7. The first kappa shape index (κ1) is 16.6. The Bertz CT molecular complexity index is 776. The van der Waals surface area contributed by atoms with E-state index >= 15 is 0 Å². The molecule has 3 N–H and O–H groups in total. The SMILES string of the molecule is O=C(O)C(Cc1ccc2c(c1)OCO2)C(Nc1ccccc1)C(=O)O. The molecule has 1 aliphatic heterocycles. The van der Waals surface area contributed by atoms with Crippen molar-refractivity contribution in [2.75, 3.05) is 12.1 Å². The molecule has 2 aromatic carbocycles.